The molecule has 2 aromatic rings. The van der Waals surface area contributed by atoms with Crippen molar-refractivity contribution < 1.29 is 4.74 Å². The summed E-state index contributed by atoms with van der Waals surface area (Å²) in [5.74, 6) is 0.786. The normalized spacial score (nSPS) is 10.5. The van der Waals surface area contributed by atoms with Crippen LogP contribution in [-0.2, 0) is 11.3 Å². The SMILES string of the molecule is COCCn1ccnc1Nc1cn[nH]c1. The highest BCUT2D eigenvalue weighted by molar-refractivity contribution is 5.50. The summed E-state index contributed by atoms with van der Waals surface area (Å²) in [5, 5.41) is 9.72. The molecule has 0 saturated carbocycles. The number of nitrogens with one attached hydrogen (secondary N) is 2. The Kier molecular flexibility index (Phi) is 2.99. The number of aromatic nitrogens is 4. The number of nitrogens with zero attached hydrogens (tertiary/aromatic N) is 3. The molecule has 0 aliphatic rings. The van der Waals surface area contributed by atoms with Gasteiger partial charge in [0, 0.05) is 32.2 Å². The first-order valence-electron chi connectivity index (χ1n) is 4.66. The topological polar surface area (TPSA) is 67.8 Å². The molecule has 0 aliphatic heterocycles. The number of H-pyrrole nitrogens is 1. The number of imidazole rings is 1. The molecule has 6 nitrogen and oxygen atoms in total. The van der Waals surface area contributed by atoms with Crippen LogP contribution < -0.4 is 5.32 Å². The molecular weight excluding hydrogens is 194 g/mol. The van der Waals surface area contributed by atoms with Gasteiger partial charge in [-0.1, -0.05) is 0 Å². The highest BCUT2D eigenvalue weighted by atomic mass is 16.5. The second-order valence-corrected chi connectivity index (χ2v) is 3.05. The molecule has 15 heavy (non-hydrogen) atoms. The number of methoxy groups -OCH3 is 1. The number of rotatable bonds is 5. The third kappa shape index (κ3) is 2.35. The van der Waals surface area contributed by atoms with Crippen molar-refractivity contribution in [1.82, 2.24) is 19.7 Å². The summed E-state index contributed by atoms with van der Waals surface area (Å²) in [6, 6.07) is 0. The minimum atomic E-state index is 0.663. The van der Waals surface area contributed by atoms with Crippen LogP contribution in [0, 0.1) is 0 Å². The van der Waals surface area contributed by atoms with Gasteiger partial charge in [0.1, 0.15) is 0 Å². The summed E-state index contributed by atoms with van der Waals surface area (Å²) < 4.78 is 6.99. The predicted octanol–water partition coefficient (Wildman–Crippen LogP) is 0.996. The third-order valence-electron chi connectivity index (χ3n) is 2.01. The minimum absolute atomic E-state index is 0.663. The lowest BCUT2D eigenvalue weighted by Crippen LogP contribution is -2.06. The molecule has 0 aliphatic carbocycles. The molecule has 0 bridgehead atoms. The van der Waals surface area contributed by atoms with Crippen LogP contribution in [0.4, 0.5) is 11.6 Å². The van der Waals surface area contributed by atoms with E-state index in [-0.39, 0.29) is 0 Å². The van der Waals surface area contributed by atoms with Crippen molar-refractivity contribution in [2.75, 3.05) is 19.0 Å². The van der Waals surface area contributed by atoms with Crippen molar-refractivity contribution in [3.63, 3.8) is 0 Å². The van der Waals surface area contributed by atoms with Crippen molar-refractivity contribution in [3.8, 4) is 0 Å². The Morgan fingerprint density at radius 2 is 2.53 bits per heavy atom. The average molecular weight is 207 g/mol. The van der Waals surface area contributed by atoms with Gasteiger partial charge in [-0.25, -0.2) is 4.98 Å². The number of hydrogen-bond donors (Lipinski definition) is 2. The van der Waals surface area contributed by atoms with Gasteiger partial charge in [-0.2, -0.15) is 5.10 Å². The van der Waals surface area contributed by atoms with Gasteiger partial charge in [0.2, 0.25) is 5.95 Å². The molecule has 0 fully saturated rings. The van der Waals surface area contributed by atoms with Crippen LogP contribution >= 0.6 is 0 Å². The van der Waals surface area contributed by atoms with Crippen LogP contribution in [0.5, 0.6) is 0 Å². The Morgan fingerprint density at radius 1 is 1.60 bits per heavy atom. The Hall–Kier alpha value is -1.82. The number of ether oxygens (including phenoxy) is 1. The summed E-state index contributed by atoms with van der Waals surface area (Å²) in [6.07, 6.45) is 7.13. The lowest BCUT2D eigenvalue weighted by atomic mass is 10.5. The van der Waals surface area contributed by atoms with Crippen molar-refractivity contribution in [3.05, 3.63) is 24.8 Å². The van der Waals surface area contributed by atoms with Gasteiger partial charge in [0.05, 0.1) is 18.5 Å². The van der Waals surface area contributed by atoms with Crippen molar-refractivity contribution in [1.29, 1.82) is 0 Å². The largest absolute Gasteiger partial charge is 0.383 e. The van der Waals surface area contributed by atoms with Crippen molar-refractivity contribution in [2.24, 2.45) is 0 Å². The number of aromatic amines is 1. The molecule has 0 amide bonds. The maximum absolute atomic E-state index is 5.01. The monoisotopic (exact) mass is 207 g/mol. The average Bonchev–Trinajstić information content (AvgIpc) is 2.87. The van der Waals surface area contributed by atoms with E-state index in [1.807, 2.05) is 10.8 Å². The Bertz CT molecular complexity index is 394. The lowest BCUT2D eigenvalue weighted by Gasteiger charge is -2.07. The maximum atomic E-state index is 5.01. The number of hydrogen-bond acceptors (Lipinski definition) is 4. The smallest absolute Gasteiger partial charge is 0.207 e. The summed E-state index contributed by atoms with van der Waals surface area (Å²) in [6.45, 7) is 1.44. The number of anilines is 2. The lowest BCUT2D eigenvalue weighted by molar-refractivity contribution is 0.188. The fourth-order valence-electron chi connectivity index (χ4n) is 1.25. The quantitative estimate of drug-likeness (QED) is 0.767. The predicted molar refractivity (Wildman–Crippen MR) is 56.0 cm³/mol. The van der Waals surface area contributed by atoms with Crippen LogP contribution in [0.3, 0.4) is 0 Å². The highest BCUT2D eigenvalue weighted by Gasteiger charge is 2.02. The maximum Gasteiger partial charge on any atom is 0.207 e. The molecule has 2 N–H and O–H groups in total. The summed E-state index contributed by atoms with van der Waals surface area (Å²) in [7, 11) is 1.68. The van der Waals surface area contributed by atoms with Crippen molar-refractivity contribution in [2.45, 2.75) is 6.54 Å². The summed E-state index contributed by atoms with van der Waals surface area (Å²) in [4.78, 5) is 4.20. The summed E-state index contributed by atoms with van der Waals surface area (Å²) >= 11 is 0. The van der Waals surface area contributed by atoms with Gasteiger partial charge >= 0.3 is 0 Å². The van der Waals surface area contributed by atoms with Crippen LogP contribution in [0.25, 0.3) is 0 Å². The second-order valence-electron chi connectivity index (χ2n) is 3.05. The standard InChI is InChI=1S/C9H13N5O/c1-15-5-4-14-3-2-10-9(14)13-8-6-11-12-7-8/h2-3,6-7H,4-5H2,1H3,(H,10,13)(H,11,12). The molecule has 80 valence electrons. The second kappa shape index (κ2) is 4.61. The van der Waals surface area contributed by atoms with E-state index in [9.17, 15) is 0 Å². The molecule has 0 saturated heterocycles. The Morgan fingerprint density at radius 3 is 3.27 bits per heavy atom. The fraction of sp³-hybridized carbons (Fsp3) is 0.333. The fourth-order valence-corrected chi connectivity index (χ4v) is 1.25. The minimum Gasteiger partial charge on any atom is -0.383 e. The zero-order valence-corrected chi connectivity index (χ0v) is 8.47. The van der Waals surface area contributed by atoms with Gasteiger partial charge in [-0.05, 0) is 0 Å². The zero-order chi connectivity index (χ0) is 10.5. The molecule has 0 spiro atoms. The zero-order valence-electron chi connectivity index (χ0n) is 8.47. The van der Waals surface area contributed by atoms with Gasteiger partial charge in [-0.3, -0.25) is 5.10 Å². The Labute approximate surface area is 87.3 Å². The van der Waals surface area contributed by atoms with E-state index in [2.05, 4.69) is 20.5 Å². The van der Waals surface area contributed by atoms with E-state index in [1.165, 1.54) is 0 Å². The van der Waals surface area contributed by atoms with Gasteiger partial charge in [0.15, 0.2) is 0 Å². The first-order valence-corrected chi connectivity index (χ1v) is 4.66. The molecule has 6 heteroatoms. The van der Waals surface area contributed by atoms with Crippen molar-refractivity contribution >= 4 is 11.6 Å². The molecule has 0 aromatic carbocycles. The summed E-state index contributed by atoms with van der Waals surface area (Å²) in [5.41, 5.74) is 0.889. The van der Waals surface area contributed by atoms with E-state index < -0.39 is 0 Å². The van der Waals surface area contributed by atoms with Crippen LogP contribution in [0.1, 0.15) is 0 Å². The molecule has 0 radical (unpaired) electrons. The molecule has 0 atom stereocenters. The molecule has 0 unspecified atom stereocenters. The molecular formula is C9H13N5O. The van der Waals surface area contributed by atoms with Crippen LogP contribution in [0.2, 0.25) is 0 Å². The van der Waals surface area contributed by atoms with E-state index >= 15 is 0 Å². The Balaban J connectivity index is 2.04. The van der Waals surface area contributed by atoms with E-state index in [0.29, 0.717) is 6.61 Å². The first-order chi connectivity index (χ1) is 7.40. The highest BCUT2D eigenvalue weighted by Crippen LogP contribution is 2.12. The van der Waals surface area contributed by atoms with E-state index in [4.69, 9.17) is 4.74 Å². The first kappa shape index (κ1) is 9.72. The van der Waals surface area contributed by atoms with Crippen LogP contribution in [-0.4, -0.2) is 33.5 Å². The third-order valence-corrected chi connectivity index (χ3v) is 2.01. The van der Waals surface area contributed by atoms with Gasteiger partial charge in [0.25, 0.3) is 0 Å². The van der Waals surface area contributed by atoms with Crippen LogP contribution in [0.15, 0.2) is 24.8 Å². The molecule has 2 aromatic heterocycles. The van der Waals surface area contributed by atoms with E-state index in [1.54, 1.807) is 25.7 Å². The van der Waals surface area contributed by atoms with E-state index in [0.717, 1.165) is 18.2 Å². The van der Waals surface area contributed by atoms with Gasteiger partial charge < -0.3 is 14.6 Å². The molecule has 2 heterocycles. The van der Waals surface area contributed by atoms with Gasteiger partial charge in [-0.15, -0.1) is 0 Å². The molecule has 2 rings (SSSR count).